The van der Waals surface area contributed by atoms with Gasteiger partial charge in [0.25, 0.3) is 0 Å². The molecule has 1 aliphatic heterocycles. The molecule has 0 bridgehead atoms. The van der Waals surface area contributed by atoms with Crippen LogP contribution >= 0.6 is 0 Å². The number of ether oxygens (including phenoxy) is 1. The summed E-state index contributed by atoms with van der Waals surface area (Å²) in [5.41, 5.74) is -0.845. The fourth-order valence-corrected chi connectivity index (χ4v) is 2.11. The summed E-state index contributed by atoms with van der Waals surface area (Å²) in [6.07, 6.45) is 0.631. The highest BCUT2D eigenvalue weighted by molar-refractivity contribution is 4.84. The van der Waals surface area contributed by atoms with E-state index in [0.29, 0.717) is 0 Å². The zero-order chi connectivity index (χ0) is 12.4. The van der Waals surface area contributed by atoms with Crippen molar-refractivity contribution < 1.29 is 14.9 Å². The van der Waals surface area contributed by atoms with E-state index in [1.807, 2.05) is 27.7 Å². The van der Waals surface area contributed by atoms with Crippen molar-refractivity contribution in [2.24, 2.45) is 0 Å². The predicted octanol–water partition coefficient (Wildman–Crippen LogP) is 0.619. The van der Waals surface area contributed by atoms with Crippen LogP contribution in [0.5, 0.6) is 0 Å². The number of aliphatic hydroxyl groups excluding tert-OH is 1. The maximum Gasteiger partial charge on any atom is 0.0940 e. The second kappa shape index (κ2) is 5.00. The molecule has 1 rings (SSSR count). The average molecular weight is 231 g/mol. The molecule has 1 aliphatic rings. The highest BCUT2D eigenvalue weighted by atomic mass is 16.5. The highest BCUT2D eigenvalue weighted by Crippen LogP contribution is 2.21. The maximum atomic E-state index is 9.69. The van der Waals surface area contributed by atoms with Crippen molar-refractivity contribution in [3.05, 3.63) is 0 Å². The number of aliphatic hydroxyl groups is 2. The molecule has 0 radical (unpaired) electrons. The van der Waals surface area contributed by atoms with Gasteiger partial charge in [0.1, 0.15) is 0 Å². The molecule has 1 saturated heterocycles. The third-order valence-corrected chi connectivity index (χ3v) is 2.80. The molecule has 0 spiro atoms. The van der Waals surface area contributed by atoms with Gasteiger partial charge in [-0.15, -0.1) is 0 Å². The molecule has 96 valence electrons. The number of nitrogens with zero attached hydrogens (tertiary/aromatic N) is 1. The third-order valence-electron chi connectivity index (χ3n) is 2.80. The second-order valence-electron chi connectivity index (χ2n) is 5.98. The van der Waals surface area contributed by atoms with E-state index in [1.165, 1.54) is 0 Å². The molecular weight excluding hydrogens is 206 g/mol. The molecule has 1 fully saturated rings. The van der Waals surface area contributed by atoms with Crippen LogP contribution in [0.15, 0.2) is 0 Å². The van der Waals surface area contributed by atoms with Crippen LogP contribution < -0.4 is 0 Å². The highest BCUT2D eigenvalue weighted by Gasteiger charge is 2.33. The fraction of sp³-hybridized carbons (Fsp3) is 1.00. The van der Waals surface area contributed by atoms with E-state index in [0.717, 1.165) is 26.1 Å². The van der Waals surface area contributed by atoms with Crippen LogP contribution in [0.25, 0.3) is 0 Å². The van der Waals surface area contributed by atoms with E-state index < -0.39 is 5.60 Å². The van der Waals surface area contributed by atoms with E-state index in [9.17, 15) is 5.11 Å². The van der Waals surface area contributed by atoms with Crippen molar-refractivity contribution in [3.8, 4) is 0 Å². The lowest BCUT2D eigenvalue weighted by molar-refractivity contribution is -0.150. The largest absolute Gasteiger partial charge is 0.394 e. The van der Waals surface area contributed by atoms with E-state index in [4.69, 9.17) is 9.84 Å². The fourth-order valence-electron chi connectivity index (χ4n) is 2.11. The molecule has 2 N–H and O–H groups in total. The van der Waals surface area contributed by atoms with Crippen LogP contribution in [0.3, 0.4) is 0 Å². The van der Waals surface area contributed by atoms with Crippen molar-refractivity contribution >= 4 is 0 Å². The molecule has 4 heteroatoms. The van der Waals surface area contributed by atoms with Crippen molar-refractivity contribution in [2.45, 2.75) is 51.4 Å². The van der Waals surface area contributed by atoms with Crippen molar-refractivity contribution in [3.63, 3.8) is 0 Å². The third kappa shape index (κ3) is 4.78. The maximum absolute atomic E-state index is 9.69. The van der Waals surface area contributed by atoms with Crippen LogP contribution in [-0.4, -0.2) is 58.7 Å². The Bertz CT molecular complexity index is 223. The number of rotatable bonds is 4. The molecule has 1 unspecified atom stereocenters. The smallest absolute Gasteiger partial charge is 0.0940 e. The van der Waals surface area contributed by atoms with E-state index in [2.05, 4.69) is 4.90 Å². The Morgan fingerprint density at radius 1 is 1.44 bits per heavy atom. The van der Waals surface area contributed by atoms with Crippen LogP contribution in [0.2, 0.25) is 0 Å². The summed E-state index contributed by atoms with van der Waals surface area (Å²) < 4.78 is 5.73. The molecule has 0 aliphatic carbocycles. The van der Waals surface area contributed by atoms with E-state index in [-0.39, 0.29) is 18.3 Å². The lowest BCUT2D eigenvalue weighted by Crippen LogP contribution is -2.54. The molecule has 0 saturated carbocycles. The van der Waals surface area contributed by atoms with Gasteiger partial charge in [-0.2, -0.15) is 0 Å². The molecular formula is C12H25NO3. The zero-order valence-corrected chi connectivity index (χ0v) is 10.9. The molecule has 0 aromatic carbocycles. The second-order valence-corrected chi connectivity index (χ2v) is 5.98. The molecule has 16 heavy (non-hydrogen) atoms. The topological polar surface area (TPSA) is 52.9 Å². The van der Waals surface area contributed by atoms with Crippen molar-refractivity contribution in [1.82, 2.24) is 4.90 Å². The molecule has 4 nitrogen and oxygen atoms in total. The molecule has 1 heterocycles. The quantitative estimate of drug-likeness (QED) is 0.745. The normalized spacial score (nSPS) is 27.0. The lowest BCUT2D eigenvalue weighted by Gasteiger charge is -2.42. The molecule has 0 amide bonds. The first-order valence-electron chi connectivity index (χ1n) is 5.95. The lowest BCUT2D eigenvalue weighted by atomic mass is 10.0. The van der Waals surface area contributed by atoms with Crippen molar-refractivity contribution in [2.75, 3.05) is 26.2 Å². The van der Waals surface area contributed by atoms with Gasteiger partial charge in [-0.25, -0.2) is 0 Å². The Morgan fingerprint density at radius 2 is 2.06 bits per heavy atom. The van der Waals surface area contributed by atoms with E-state index in [1.54, 1.807) is 0 Å². The van der Waals surface area contributed by atoms with Gasteiger partial charge < -0.3 is 14.9 Å². The standard InChI is InChI=1S/C12H25NO3/c1-11(2,15)5-6-13-7-10(8-14)16-12(3,4)9-13/h10,14-15H,5-9H2,1-4H3. The Balaban J connectivity index is 2.47. The van der Waals surface area contributed by atoms with Gasteiger partial charge in [0.15, 0.2) is 0 Å². The van der Waals surface area contributed by atoms with Crippen LogP contribution in [0.1, 0.15) is 34.1 Å². The molecule has 1 atom stereocenters. The molecule has 0 aromatic heterocycles. The predicted molar refractivity (Wildman–Crippen MR) is 63.4 cm³/mol. The van der Waals surface area contributed by atoms with Crippen LogP contribution in [0.4, 0.5) is 0 Å². The van der Waals surface area contributed by atoms with Crippen LogP contribution in [0, 0.1) is 0 Å². The number of morpholine rings is 1. The van der Waals surface area contributed by atoms with Gasteiger partial charge in [0.05, 0.1) is 23.9 Å². The summed E-state index contributed by atoms with van der Waals surface area (Å²) in [5.74, 6) is 0. The van der Waals surface area contributed by atoms with Gasteiger partial charge in [0, 0.05) is 19.6 Å². The zero-order valence-electron chi connectivity index (χ0n) is 10.9. The summed E-state index contributed by atoms with van der Waals surface area (Å²) in [6.45, 7) is 10.2. The van der Waals surface area contributed by atoms with Crippen LogP contribution in [-0.2, 0) is 4.74 Å². The SMILES string of the molecule is CC(C)(O)CCN1CC(CO)OC(C)(C)C1. The number of hydrogen-bond donors (Lipinski definition) is 2. The summed E-state index contributed by atoms with van der Waals surface area (Å²) in [7, 11) is 0. The summed E-state index contributed by atoms with van der Waals surface area (Å²) >= 11 is 0. The van der Waals surface area contributed by atoms with E-state index >= 15 is 0 Å². The first-order valence-corrected chi connectivity index (χ1v) is 5.95. The number of hydrogen-bond acceptors (Lipinski definition) is 4. The van der Waals surface area contributed by atoms with Gasteiger partial charge in [-0.05, 0) is 34.1 Å². The van der Waals surface area contributed by atoms with Gasteiger partial charge in [0.2, 0.25) is 0 Å². The summed E-state index contributed by atoms with van der Waals surface area (Å²) in [5, 5.41) is 18.9. The average Bonchev–Trinajstić information content (AvgIpc) is 2.11. The first kappa shape index (κ1) is 13.9. The van der Waals surface area contributed by atoms with Gasteiger partial charge >= 0.3 is 0 Å². The summed E-state index contributed by atoms with van der Waals surface area (Å²) in [6, 6.07) is 0. The monoisotopic (exact) mass is 231 g/mol. The minimum absolute atomic E-state index is 0.0580. The van der Waals surface area contributed by atoms with Gasteiger partial charge in [-0.1, -0.05) is 0 Å². The summed E-state index contributed by atoms with van der Waals surface area (Å²) in [4.78, 5) is 2.25. The Labute approximate surface area is 98.2 Å². The Hall–Kier alpha value is -0.160. The minimum Gasteiger partial charge on any atom is -0.394 e. The van der Waals surface area contributed by atoms with Gasteiger partial charge in [-0.3, -0.25) is 4.90 Å². The Morgan fingerprint density at radius 3 is 2.56 bits per heavy atom. The minimum atomic E-state index is -0.628. The van der Waals surface area contributed by atoms with Crippen molar-refractivity contribution in [1.29, 1.82) is 0 Å². The molecule has 0 aromatic rings. The first-order chi connectivity index (χ1) is 7.22. The Kier molecular flexibility index (Phi) is 4.35.